The Morgan fingerprint density at radius 1 is 1.25 bits per heavy atom. The van der Waals surface area contributed by atoms with E-state index in [2.05, 4.69) is 5.10 Å². The van der Waals surface area contributed by atoms with Crippen LogP contribution < -0.4 is 5.46 Å². The van der Waals surface area contributed by atoms with Gasteiger partial charge < -0.3 is 14.0 Å². The molecule has 1 aromatic heterocycles. The van der Waals surface area contributed by atoms with Crippen LogP contribution in [0, 0.1) is 0 Å². The van der Waals surface area contributed by atoms with Crippen molar-refractivity contribution in [2.45, 2.75) is 77.2 Å². The summed E-state index contributed by atoms with van der Waals surface area (Å²) in [5, 5.41) is 4.10. The third kappa shape index (κ3) is 3.89. The number of rotatable bonds is 2. The van der Waals surface area contributed by atoms with Crippen LogP contribution in [0.1, 0.15) is 54.5 Å². The second kappa shape index (κ2) is 6.42. The van der Waals surface area contributed by atoms with Gasteiger partial charge in [-0.25, -0.2) is 13.6 Å². The van der Waals surface area contributed by atoms with Gasteiger partial charge in [-0.2, -0.15) is 5.10 Å². The van der Waals surface area contributed by atoms with Gasteiger partial charge in [0.05, 0.1) is 24.3 Å². The zero-order chi connectivity index (χ0) is 21.1. The average Bonchev–Trinajstić information content (AvgIpc) is 3.12. The number of likely N-dealkylation sites (tertiary alicyclic amines) is 1. The molecular formula is C18H28BF2N3O4. The highest BCUT2D eigenvalue weighted by atomic mass is 19.3. The fraction of sp³-hybridized carbons (Fsp3) is 0.778. The lowest BCUT2D eigenvalue weighted by atomic mass is 9.82. The third-order valence-electron chi connectivity index (χ3n) is 5.40. The van der Waals surface area contributed by atoms with Gasteiger partial charge in [0.2, 0.25) is 0 Å². The van der Waals surface area contributed by atoms with Crippen molar-refractivity contribution in [3.05, 3.63) is 12.4 Å². The van der Waals surface area contributed by atoms with Crippen LogP contribution in [0.15, 0.2) is 12.4 Å². The molecule has 0 spiro atoms. The Labute approximate surface area is 164 Å². The maximum Gasteiger partial charge on any atom is 0.498 e. The minimum Gasteiger partial charge on any atom is -0.444 e. The standard InChI is InChI=1S/C18H28BF2N3O4/c1-15(2,3)26-14(25)23-10-13(18(20,21)11-23)24-9-12(8-22-24)19-27-16(4,5)17(6,7)28-19/h8-9,13H,10-11H2,1-7H3. The Morgan fingerprint density at radius 3 is 2.36 bits per heavy atom. The van der Waals surface area contributed by atoms with Gasteiger partial charge >= 0.3 is 13.2 Å². The predicted octanol–water partition coefficient (Wildman–Crippen LogP) is 2.61. The van der Waals surface area contributed by atoms with Gasteiger partial charge in [0.1, 0.15) is 11.6 Å². The van der Waals surface area contributed by atoms with Crippen molar-refractivity contribution in [2.75, 3.05) is 13.1 Å². The summed E-state index contributed by atoms with van der Waals surface area (Å²) in [6, 6.07) is -1.28. The van der Waals surface area contributed by atoms with Gasteiger partial charge in [-0.05, 0) is 48.5 Å². The molecule has 3 heterocycles. The quantitative estimate of drug-likeness (QED) is 0.716. The number of halogens is 2. The second-order valence-corrected chi connectivity index (χ2v) is 9.48. The summed E-state index contributed by atoms with van der Waals surface area (Å²) in [5.74, 6) is -3.13. The molecule has 0 radical (unpaired) electrons. The molecule has 2 aliphatic rings. The molecule has 2 aliphatic heterocycles. The minimum absolute atomic E-state index is 0.188. The van der Waals surface area contributed by atoms with E-state index >= 15 is 0 Å². The lowest BCUT2D eigenvalue weighted by molar-refractivity contribution is -0.0281. The first kappa shape index (κ1) is 21.0. The number of amides is 1. The Morgan fingerprint density at radius 2 is 1.82 bits per heavy atom. The van der Waals surface area contributed by atoms with Crippen LogP contribution in [0.4, 0.5) is 13.6 Å². The van der Waals surface area contributed by atoms with E-state index in [0.717, 1.165) is 4.90 Å². The van der Waals surface area contributed by atoms with E-state index < -0.39 is 48.5 Å². The van der Waals surface area contributed by atoms with E-state index in [1.165, 1.54) is 17.1 Å². The molecule has 0 saturated carbocycles. The number of ether oxygens (including phenoxy) is 1. The maximum absolute atomic E-state index is 14.6. The molecule has 3 rings (SSSR count). The molecule has 0 bridgehead atoms. The summed E-state index contributed by atoms with van der Waals surface area (Å²) < 4.78 is 47.5. The summed E-state index contributed by atoms with van der Waals surface area (Å²) in [6.07, 6.45) is 2.21. The van der Waals surface area contributed by atoms with Crippen molar-refractivity contribution < 1.29 is 27.6 Å². The second-order valence-electron chi connectivity index (χ2n) is 9.48. The van der Waals surface area contributed by atoms with E-state index in [0.29, 0.717) is 5.46 Å². The molecule has 1 aromatic rings. The lowest BCUT2D eigenvalue weighted by Crippen LogP contribution is -2.41. The average molecular weight is 399 g/mol. The number of alkyl halides is 2. The van der Waals surface area contributed by atoms with Crippen molar-refractivity contribution in [3.63, 3.8) is 0 Å². The summed E-state index contributed by atoms with van der Waals surface area (Å²) >= 11 is 0. The van der Waals surface area contributed by atoms with Gasteiger partial charge in [-0.3, -0.25) is 9.58 Å². The number of carbonyl (C=O) groups excluding carboxylic acids is 1. The molecular weight excluding hydrogens is 371 g/mol. The SMILES string of the molecule is CC(C)(C)OC(=O)N1CC(n2cc(B3OC(C)(C)C(C)(C)O3)cn2)C(F)(F)C1. The number of carbonyl (C=O) groups is 1. The summed E-state index contributed by atoms with van der Waals surface area (Å²) in [5.41, 5.74) is -1.26. The monoisotopic (exact) mass is 399 g/mol. The number of hydrogen-bond donors (Lipinski definition) is 0. The predicted molar refractivity (Wildman–Crippen MR) is 99.7 cm³/mol. The number of aromatic nitrogens is 2. The zero-order valence-corrected chi connectivity index (χ0v) is 17.5. The highest BCUT2D eigenvalue weighted by Gasteiger charge is 2.54. The molecule has 156 valence electrons. The molecule has 0 N–H and O–H groups in total. The smallest absolute Gasteiger partial charge is 0.444 e. The zero-order valence-electron chi connectivity index (χ0n) is 17.5. The van der Waals surface area contributed by atoms with Gasteiger partial charge in [0.25, 0.3) is 5.92 Å². The Bertz CT molecular complexity index is 744. The van der Waals surface area contributed by atoms with Gasteiger partial charge in [-0.15, -0.1) is 0 Å². The van der Waals surface area contributed by atoms with Crippen molar-refractivity contribution in [3.8, 4) is 0 Å². The topological polar surface area (TPSA) is 65.8 Å². The Balaban J connectivity index is 1.75. The first-order valence-electron chi connectivity index (χ1n) is 9.37. The van der Waals surface area contributed by atoms with Crippen molar-refractivity contribution in [2.24, 2.45) is 0 Å². The van der Waals surface area contributed by atoms with Gasteiger partial charge in [-0.1, -0.05) is 0 Å². The maximum atomic E-state index is 14.6. The Hall–Kier alpha value is -1.68. The number of nitrogens with zero attached hydrogens (tertiary/aromatic N) is 3. The fourth-order valence-electron chi connectivity index (χ4n) is 3.13. The van der Waals surface area contributed by atoms with Crippen LogP contribution in [0.5, 0.6) is 0 Å². The largest absolute Gasteiger partial charge is 0.498 e. The van der Waals surface area contributed by atoms with Crippen LogP contribution in [0.2, 0.25) is 0 Å². The highest BCUT2D eigenvalue weighted by molar-refractivity contribution is 6.62. The molecule has 1 unspecified atom stereocenters. The molecule has 2 fully saturated rings. The molecule has 28 heavy (non-hydrogen) atoms. The normalized spacial score (nSPS) is 26.0. The molecule has 0 aliphatic carbocycles. The van der Waals surface area contributed by atoms with Gasteiger partial charge in [0, 0.05) is 17.9 Å². The van der Waals surface area contributed by atoms with E-state index in [9.17, 15) is 13.6 Å². The van der Waals surface area contributed by atoms with Crippen LogP contribution in [-0.2, 0) is 14.0 Å². The van der Waals surface area contributed by atoms with Crippen LogP contribution in [0.3, 0.4) is 0 Å². The van der Waals surface area contributed by atoms with Crippen LogP contribution >= 0.6 is 0 Å². The third-order valence-corrected chi connectivity index (χ3v) is 5.40. The number of hydrogen-bond acceptors (Lipinski definition) is 5. The highest BCUT2D eigenvalue weighted by Crippen LogP contribution is 2.38. The van der Waals surface area contributed by atoms with Crippen LogP contribution in [0.25, 0.3) is 0 Å². The minimum atomic E-state index is -3.13. The van der Waals surface area contributed by atoms with Crippen molar-refractivity contribution in [1.29, 1.82) is 0 Å². The Kier molecular flexibility index (Phi) is 4.82. The summed E-state index contributed by atoms with van der Waals surface area (Å²) in [6.45, 7) is 11.9. The van der Waals surface area contributed by atoms with Crippen molar-refractivity contribution in [1.82, 2.24) is 14.7 Å². The lowest BCUT2D eigenvalue weighted by Gasteiger charge is -2.32. The first-order valence-corrected chi connectivity index (χ1v) is 9.37. The van der Waals surface area contributed by atoms with Crippen molar-refractivity contribution >= 4 is 18.7 Å². The van der Waals surface area contributed by atoms with Gasteiger partial charge in [0.15, 0.2) is 0 Å². The summed E-state index contributed by atoms with van der Waals surface area (Å²) in [4.78, 5) is 13.2. The molecule has 1 atom stereocenters. The van der Waals surface area contributed by atoms with Crippen LogP contribution in [-0.4, -0.2) is 63.7 Å². The molecule has 1 amide bonds. The molecule has 7 nitrogen and oxygen atoms in total. The molecule has 10 heteroatoms. The van der Waals surface area contributed by atoms with E-state index in [1.807, 2.05) is 27.7 Å². The van der Waals surface area contributed by atoms with E-state index in [-0.39, 0.29) is 6.54 Å². The molecule has 0 aromatic carbocycles. The fourth-order valence-corrected chi connectivity index (χ4v) is 3.13. The summed E-state index contributed by atoms with van der Waals surface area (Å²) in [7, 11) is -0.685. The first-order chi connectivity index (χ1) is 12.6. The molecule has 2 saturated heterocycles. The van der Waals surface area contributed by atoms with E-state index in [4.69, 9.17) is 14.0 Å². The van der Waals surface area contributed by atoms with E-state index in [1.54, 1.807) is 20.8 Å².